The van der Waals surface area contributed by atoms with Gasteiger partial charge in [-0.25, -0.2) is 9.97 Å². The molecule has 1 aromatic rings. The molecule has 3 N–H and O–H groups in total. The van der Waals surface area contributed by atoms with Gasteiger partial charge in [0.25, 0.3) is 0 Å². The topological polar surface area (TPSA) is 78.9 Å². The van der Waals surface area contributed by atoms with Crippen molar-refractivity contribution in [1.29, 1.82) is 0 Å². The molecule has 1 aliphatic carbocycles. The Balaban J connectivity index is 2.23. The first-order valence-electron chi connectivity index (χ1n) is 5.75. The lowest BCUT2D eigenvalue weighted by Gasteiger charge is -2.16. The number of anilines is 1. The van der Waals surface area contributed by atoms with Crippen molar-refractivity contribution in [3.63, 3.8) is 0 Å². The zero-order valence-electron chi connectivity index (χ0n) is 9.87. The monoisotopic (exact) mass is 343 g/mol. The van der Waals surface area contributed by atoms with Crippen LogP contribution in [0, 0.1) is 0 Å². The van der Waals surface area contributed by atoms with Gasteiger partial charge < -0.3 is 0 Å². The zero-order chi connectivity index (χ0) is 13.9. The maximum atomic E-state index is 11.9. The predicted octanol–water partition coefficient (Wildman–Crippen LogP) is 3.79. The quantitative estimate of drug-likeness (QED) is 0.428. The van der Waals surface area contributed by atoms with Crippen LogP contribution < -0.4 is 14.3 Å². The fraction of sp³-hybridized carbons (Fsp3) is 0.556. The molecule has 1 saturated carbocycles. The number of nitrogens with zero attached hydrogens (tertiary/aromatic N) is 2. The minimum absolute atomic E-state index is 0.124. The van der Waals surface area contributed by atoms with E-state index in [1.165, 1.54) is 12.8 Å². The molecular formula is C9H13Cl3N5OP. The molecule has 0 atom stereocenters. The van der Waals surface area contributed by atoms with Crippen molar-refractivity contribution < 1.29 is 4.57 Å². The average molecular weight is 345 g/mol. The van der Waals surface area contributed by atoms with Crippen LogP contribution in [0.3, 0.4) is 0 Å². The molecule has 0 amide bonds. The van der Waals surface area contributed by atoms with Gasteiger partial charge in [-0.3, -0.25) is 9.65 Å². The Labute approximate surface area is 126 Å². The Hall–Kier alpha value is -0.100. The fourth-order valence-corrected chi connectivity index (χ4v) is 3.44. The van der Waals surface area contributed by atoms with E-state index in [4.69, 9.17) is 35.2 Å². The molecule has 19 heavy (non-hydrogen) atoms. The van der Waals surface area contributed by atoms with Gasteiger partial charge in [-0.05, 0) is 42.5 Å². The summed E-state index contributed by atoms with van der Waals surface area (Å²) in [4.78, 5) is 8.28. The van der Waals surface area contributed by atoms with Gasteiger partial charge >= 0.3 is 7.59 Å². The second-order valence-corrected chi connectivity index (χ2v) is 7.49. The van der Waals surface area contributed by atoms with Crippen LogP contribution in [0.5, 0.6) is 0 Å². The molecule has 0 aliphatic heterocycles. The highest BCUT2D eigenvalue weighted by Gasteiger charge is 2.23. The summed E-state index contributed by atoms with van der Waals surface area (Å²) in [7, 11) is -3.38. The molecule has 0 aromatic carbocycles. The number of aromatic nitrogens is 2. The number of rotatable bonds is 5. The molecule has 0 unspecified atom stereocenters. The Morgan fingerprint density at radius 3 is 2.42 bits per heavy atom. The molecule has 6 nitrogen and oxygen atoms in total. The van der Waals surface area contributed by atoms with Crippen molar-refractivity contribution >= 4 is 48.7 Å². The number of hydrogen-bond acceptors (Lipinski definition) is 3. The van der Waals surface area contributed by atoms with E-state index in [-0.39, 0.29) is 11.1 Å². The third-order valence-corrected chi connectivity index (χ3v) is 5.60. The Kier molecular flexibility index (Phi) is 5.29. The van der Waals surface area contributed by atoms with E-state index >= 15 is 0 Å². The van der Waals surface area contributed by atoms with Crippen LogP contribution in [0.15, 0.2) is 6.07 Å². The molecule has 106 valence electrons. The predicted molar refractivity (Wildman–Crippen MR) is 77.5 cm³/mol. The molecule has 0 saturated heterocycles. The van der Waals surface area contributed by atoms with Crippen molar-refractivity contribution in [1.82, 2.24) is 19.2 Å². The molecule has 0 radical (unpaired) electrons. The number of halogens is 3. The first kappa shape index (κ1) is 15.3. The van der Waals surface area contributed by atoms with Gasteiger partial charge in [-0.2, -0.15) is 0 Å². The highest BCUT2D eigenvalue weighted by molar-refractivity contribution is 7.63. The lowest BCUT2D eigenvalue weighted by Crippen LogP contribution is -2.17. The molecule has 0 spiro atoms. The molecule has 1 heterocycles. The Morgan fingerprint density at radius 2 is 1.84 bits per heavy atom. The van der Waals surface area contributed by atoms with Gasteiger partial charge in [-0.1, -0.05) is 24.4 Å². The third kappa shape index (κ3) is 3.94. The van der Waals surface area contributed by atoms with Crippen LogP contribution in [0.4, 0.5) is 5.95 Å². The number of hydrogen-bond donors (Lipinski definition) is 3. The van der Waals surface area contributed by atoms with E-state index in [0.29, 0.717) is 5.92 Å². The van der Waals surface area contributed by atoms with Crippen molar-refractivity contribution in [2.45, 2.75) is 31.6 Å². The third-order valence-electron chi connectivity index (χ3n) is 2.98. The summed E-state index contributed by atoms with van der Waals surface area (Å²) < 4.78 is 16.0. The lowest BCUT2D eigenvalue weighted by atomic mass is 10.0. The maximum absolute atomic E-state index is 11.9. The summed E-state index contributed by atoms with van der Waals surface area (Å²) in [6, 6.07) is 1.73. The van der Waals surface area contributed by atoms with Crippen molar-refractivity contribution in [3.8, 4) is 0 Å². The summed E-state index contributed by atoms with van der Waals surface area (Å²) >= 11 is 16.7. The van der Waals surface area contributed by atoms with Crippen LogP contribution >= 0.6 is 42.7 Å². The molecular weight excluding hydrogens is 331 g/mol. The van der Waals surface area contributed by atoms with Crippen LogP contribution in [-0.4, -0.2) is 9.97 Å². The van der Waals surface area contributed by atoms with Crippen LogP contribution in [-0.2, 0) is 4.57 Å². The fourth-order valence-electron chi connectivity index (χ4n) is 2.11. The first-order chi connectivity index (χ1) is 9.06. The van der Waals surface area contributed by atoms with Crippen LogP contribution in [0.2, 0.25) is 5.15 Å². The largest absolute Gasteiger partial charge is 0.333 e. The van der Waals surface area contributed by atoms with E-state index < -0.39 is 7.59 Å². The molecule has 2 rings (SSSR count). The molecule has 10 heteroatoms. The Bertz CT molecular complexity index is 489. The SMILES string of the molecule is O=P(NCl)(NCl)Nc1nc(Cl)cc(C2CCCC2)n1. The van der Waals surface area contributed by atoms with Gasteiger partial charge in [0.05, 0.1) is 5.69 Å². The maximum Gasteiger partial charge on any atom is 0.333 e. The summed E-state index contributed by atoms with van der Waals surface area (Å²) in [5.41, 5.74) is 0.843. The summed E-state index contributed by atoms with van der Waals surface area (Å²) in [5.74, 6) is 0.493. The minimum atomic E-state index is -3.38. The van der Waals surface area contributed by atoms with E-state index in [2.05, 4.69) is 15.1 Å². The highest BCUT2D eigenvalue weighted by Crippen LogP contribution is 2.38. The van der Waals surface area contributed by atoms with Crippen molar-refractivity contribution in [2.75, 3.05) is 5.09 Å². The minimum Gasteiger partial charge on any atom is -0.279 e. The Morgan fingerprint density at radius 1 is 1.21 bits per heavy atom. The molecule has 0 bridgehead atoms. The second kappa shape index (κ2) is 6.57. The van der Waals surface area contributed by atoms with Gasteiger partial charge in [-0.15, -0.1) is 9.21 Å². The van der Waals surface area contributed by atoms with Crippen molar-refractivity contribution in [2.24, 2.45) is 0 Å². The standard InChI is InChI=1S/C9H13Cl3N5OP/c10-8-5-7(6-3-1-2-4-6)13-9(14-8)15-19(18,16-11)17-12/h5-6H,1-4H2,(H3,13,14,15,16,17,18). The lowest BCUT2D eigenvalue weighted by molar-refractivity contribution is 0.574. The van der Waals surface area contributed by atoms with Crippen molar-refractivity contribution in [3.05, 3.63) is 16.9 Å². The molecule has 1 aromatic heterocycles. The van der Waals surface area contributed by atoms with E-state index in [1.54, 1.807) is 6.07 Å². The van der Waals surface area contributed by atoms with E-state index in [0.717, 1.165) is 18.5 Å². The smallest absolute Gasteiger partial charge is 0.279 e. The van der Waals surface area contributed by atoms with Gasteiger partial charge in [0, 0.05) is 5.92 Å². The van der Waals surface area contributed by atoms with Crippen LogP contribution in [0.25, 0.3) is 0 Å². The highest BCUT2D eigenvalue weighted by atomic mass is 35.5. The number of nitrogens with one attached hydrogen (secondary N) is 3. The average Bonchev–Trinajstić information content (AvgIpc) is 2.92. The normalized spacial score (nSPS) is 16.8. The van der Waals surface area contributed by atoms with E-state index in [9.17, 15) is 4.57 Å². The van der Waals surface area contributed by atoms with Gasteiger partial charge in [0.2, 0.25) is 5.95 Å². The molecule has 1 fully saturated rings. The summed E-state index contributed by atoms with van der Waals surface area (Å²) in [5, 5.41) is 2.81. The second-order valence-electron chi connectivity index (χ2n) is 4.31. The summed E-state index contributed by atoms with van der Waals surface area (Å²) in [6.45, 7) is 0. The zero-order valence-corrected chi connectivity index (χ0v) is 13.0. The van der Waals surface area contributed by atoms with Gasteiger partial charge in [0.15, 0.2) is 0 Å². The van der Waals surface area contributed by atoms with Crippen LogP contribution in [0.1, 0.15) is 37.3 Å². The summed E-state index contributed by atoms with van der Waals surface area (Å²) in [6.07, 6.45) is 4.51. The van der Waals surface area contributed by atoms with E-state index in [1.807, 2.05) is 9.21 Å². The molecule has 1 aliphatic rings. The first-order valence-corrected chi connectivity index (χ1v) is 8.59. The van der Waals surface area contributed by atoms with Gasteiger partial charge in [0.1, 0.15) is 5.15 Å².